The average molecular weight is 302 g/mol. The monoisotopic (exact) mass is 300 g/mol. The summed E-state index contributed by atoms with van der Waals surface area (Å²) in [6.07, 6.45) is 0.773. The summed E-state index contributed by atoms with van der Waals surface area (Å²) in [4.78, 5) is 21.8. The van der Waals surface area contributed by atoms with Crippen LogP contribution in [0.2, 0.25) is 0 Å². The molecule has 0 heterocycles. The molecule has 1 rings (SSSR count). The van der Waals surface area contributed by atoms with Crippen molar-refractivity contribution >= 4 is 60.4 Å². The number of allylic oxidation sites excluding steroid dienone is 4. The van der Waals surface area contributed by atoms with E-state index in [1.165, 1.54) is 0 Å². The van der Waals surface area contributed by atoms with Gasteiger partial charge < -0.3 is 0 Å². The zero-order valence-electron chi connectivity index (χ0n) is 7.46. The predicted octanol–water partition coefficient (Wildman–Crippen LogP) is 1.39. The fraction of sp³-hybridized carbons (Fsp3) is 0.125. The Bertz CT molecular complexity index is 560. The summed E-state index contributed by atoms with van der Waals surface area (Å²) in [5.74, 6) is 0. The molecule has 0 saturated carbocycles. The second-order valence-corrected chi connectivity index (χ2v) is 4.83. The number of carbonyl (C=O) groups excluding carboxylic acids is 2. The third-order valence-corrected chi connectivity index (χ3v) is 3.37. The number of hydrogen-bond donors (Lipinski definition) is 0. The lowest BCUT2D eigenvalue weighted by Crippen LogP contribution is -2.14. The van der Waals surface area contributed by atoms with Gasteiger partial charge in [0.2, 0.25) is 15.5 Å². The largest absolute Gasteiger partial charge is 0.276 e. The van der Waals surface area contributed by atoms with E-state index in [0.717, 1.165) is 6.08 Å². The van der Waals surface area contributed by atoms with Crippen molar-refractivity contribution in [2.75, 3.05) is 0 Å². The Morgan fingerprint density at radius 1 is 1.19 bits per heavy atom. The number of rotatable bonds is 2. The van der Waals surface area contributed by atoms with Crippen molar-refractivity contribution in [2.24, 2.45) is 0 Å². The third kappa shape index (κ3) is 2.74. The molecule has 0 aromatic carbocycles. The zero-order valence-corrected chi connectivity index (χ0v) is 10.5. The molecule has 0 amide bonds. The highest BCUT2D eigenvalue weighted by Crippen LogP contribution is 2.29. The van der Waals surface area contributed by atoms with Crippen LogP contribution in [0.1, 0.15) is 6.42 Å². The van der Waals surface area contributed by atoms with Gasteiger partial charge in [0.1, 0.15) is 0 Å². The van der Waals surface area contributed by atoms with E-state index in [2.05, 4.69) is 0 Å². The molecule has 0 saturated heterocycles. The molecule has 0 bridgehead atoms. The maximum Gasteiger partial charge on any atom is 0.253 e. The van der Waals surface area contributed by atoms with Gasteiger partial charge >= 0.3 is 0 Å². The van der Waals surface area contributed by atoms with Crippen LogP contribution < -0.4 is 0 Å². The van der Waals surface area contributed by atoms with Gasteiger partial charge in [-0.2, -0.15) is 8.42 Å². The molecule has 0 spiro atoms. The molecular weight excluding hydrogens is 299 g/mol. The van der Waals surface area contributed by atoms with Gasteiger partial charge in [0.15, 0.2) is 0 Å². The van der Waals surface area contributed by atoms with Crippen molar-refractivity contribution in [1.82, 2.24) is 0 Å². The minimum atomic E-state index is -2.57. The Kier molecular flexibility index (Phi) is 4.32. The van der Waals surface area contributed by atoms with Gasteiger partial charge in [-0.1, -0.05) is 11.6 Å². The minimum absolute atomic E-state index is 0.158. The normalized spacial score (nSPS) is 15.9. The fourth-order valence-corrected chi connectivity index (χ4v) is 2.27. The Hall–Kier alpha value is -0.620. The van der Waals surface area contributed by atoms with Gasteiger partial charge in [-0.3, -0.25) is 9.59 Å². The van der Waals surface area contributed by atoms with Crippen LogP contribution >= 0.6 is 34.8 Å². The first-order valence-electron chi connectivity index (χ1n) is 3.80. The van der Waals surface area contributed by atoms with Crippen molar-refractivity contribution in [3.05, 3.63) is 22.3 Å². The topological polar surface area (TPSA) is 68.3 Å². The summed E-state index contributed by atoms with van der Waals surface area (Å²) in [7, 11) is -2.57. The standard InChI is InChI=1S/C8H3Cl3O4S/c9-6-4(7(10)12)1-3(16(14)15)2-5(6)8(11)13/h1H,2H2. The predicted molar refractivity (Wildman–Crippen MR) is 61.2 cm³/mol. The van der Waals surface area contributed by atoms with Gasteiger partial charge in [0, 0.05) is 12.0 Å². The summed E-state index contributed by atoms with van der Waals surface area (Å²) < 4.78 is 21.5. The van der Waals surface area contributed by atoms with Crippen LogP contribution in [0.15, 0.2) is 22.3 Å². The van der Waals surface area contributed by atoms with E-state index in [4.69, 9.17) is 34.8 Å². The summed E-state index contributed by atoms with van der Waals surface area (Å²) in [6, 6.07) is 0. The summed E-state index contributed by atoms with van der Waals surface area (Å²) in [5, 5.41) is -2.09. The Labute approximate surface area is 107 Å². The van der Waals surface area contributed by atoms with Crippen LogP contribution in [0.5, 0.6) is 0 Å². The van der Waals surface area contributed by atoms with E-state index in [0.29, 0.717) is 0 Å². The van der Waals surface area contributed by atoms with Gasteiger partial charge in [0.25, 0.3) is 5.24 Å². The van der Waals surface area contributed by atoms with Crippen LogP contribution in [-0.2, 0) is 19.9 Å². The molecule has 0 aromatic rings. The van der Waals surface area contributed by atoms with Crippen molar-refractivity contribution in [2.45, 2.75) is 6.42 Å². The van der Waals surface area contributed by atoms with E-state index in [1.807, 2.05) is 0 Å². The Balaban J connectivity index is 3.50. The first-order valence-corrected chi connectivity index (χ1v) is 6.01. The molecule has 0 unspecified atom stereocenters. The number of halogens is 3. The molecule has 0 aromatic heterocycles. The average Bonchev–Trinajstić information content (AvgIpc) is 2.16. The van der Waals surface area contributed by atoms with Gasteiger partial charge in [-0.15, -0.1) is 0 Å². The molecule has 0 aliphatic heterocycles. The lowest BCUT2D eigenvalue weighted by Gasteiger charge is -2.12. The second-order valence-electron chi connectivity index (χ2n) is 2.78. The smallest absolute Gasteiger partial charge is 0.253 e. The molecule has 86 valence electrons. The van der Waals surface area contributed by atoms with Crippen molar-refractivity contribution < 1.29 is 18.0 Å². The Morgan fingerprint density at radius 2 is 1.75 bits per heavy atom. The maximum atomic E-state index is 11.0. The lowest BCUT2D eigenvalue weighted by atomic mass is 10.0. The lowest BCUT2D eigenvalue weighted by molar-refractivity contribution is -0.108. The van der Waals surface area contributed by atoms with Crippen LogP contribution in [-0.4, -0.2) is 23.8 Å². The molecule has 0 N–H and O–H groups in total. The fourth-order valence-electron chi connectivity index (χ4n) is 1.10. The van der Waals surface area contributed by atoms with E-state index in [9.17, 15) is 18.0 Å². The summed E-state index contributed by atoms with van der Waals surface area (Å²) in [6.45, 7) is 0. The highest BCUT2D eigenvalue weighted by atomic mass is 35.5. The SMILES string of the molecule is O=C(Cl)C1=CC(=S(=O)=O)CC(C(=O)Cl)=C1Cl. The highest BCUT2D eigenvalue weighted by Gasteiger charge is 2.25. The van der Waals surface area contributed by atoms with Gasteiger partial charge in [-0.05, 0) is 29.3 Å². The van der Waals surface area contributed by atoms with Crippen molar-refractivity contribution in [3.8, 4) is 0 Å². The molecule has 8 heteroatoms. The first kappa shape index (κ1) is 13.4. The van der Waals surface area contributed by atoms with Crippen molar-refractivity contribution in [3.63, 3.8) is 0 Å². The molecule has 16 heavy (non-hydrogen) atoms. The van der Waals surface area contributed by atoms with Crippen LogP contribution in [0.3, 0.4) is 0 Å². The maximum absolute atomic E-state index is 11.0. The molecule has 0 atom stereocenters. The van der Waals surface area contributed by atoms with E-state index in [1.54, 1.807) is 0 Å². The third-order valence-electron chi connectivity index (χ3n) is 1.82. The molecule has 0 radical (unpaired) electrons. The summed E-state index contributed by atoms with van der Waals surface area (Å²) >= 11 is 16.1. The highest BCUT2D eigenvalue weighted by molar-refractivity contribution is 7.73. The van der Waals surface area contributed by atoms with E-state index >= 15 is 0 Å². The van der Waals surface area contributed by atoms with E-state index in [-0.39, 0.29) is 27.5 Å². The van der Waals surface area contributed by atoms with Gasteiger partial charge in [0.05, 0.1) is 15.5 Å². The first-order chi connectivity index (χ1) is 7.34. The van der Waals surface area contributed by atoms with Crippen LogP contribution in [0, 0.1) is 0 Å². The molecule has 0 fully saturated rings. The van der Waals surface area contributed by atoms with E-state index < -0.39 is 20.8 Å². The quantitative estimate of drug-likeness (QED) is 0.571. The Morgan fingerprint density at radius 3 is 2.12 bits per heavy atom. The zero-order chi connectivity index (χ0) is 12.5. The summed E-state index contributed by atoms with van der Waals surface area (Å²) in [5.41, 5.74) is -0.410. The minimum Gasteiger partial charge on any atom is -0.276 e. The van der Waals surface area contributed by atoms with Crippen molar-refractivity contribution in [1.29, 1.82) is 0 Å². The molecule has 4 nitrogen and oxygen atoms in total. The van der Waals surface area contributed by atoms with Gasteiger partial charge in [-0.25, -0.2) is 0 Å². The molecular formula is C8H3Cl3O4S. The molecule has 1 aliphatic carbocycles. The van der Waals surface area contributed by atoms with Crippen LogP contribution in [0.4, 0.5) is 0 Å². The number of hydrogen-bond acceptors (Lipinski definition) is 4. The molecule has 1 aliphatic rings. The van der Waals surface area contributed by atoms with Crippen LogP contribution in [0.25, 0.3) is 0 Å². The second kappa shape index (κ2) is 5.14. The number of carbonyl (C=O) groups is 2.